The van der Waals surface area contributed by atoms with Gasteiger partial charge in [-0.2, -0.15) is 0 Å². The topological polar surface area (TPSA) is 73.6 Å². The highest BCUT2D eigenvalue weighted by molar-refractivity contribution is 7.99. The van der Waals surface area contributed by atoms with Crippen LogP contribution in [0.3, 0.4) is 0 Å². The van der Waals surface area contributed by atoms with Gasteiger partial charge in [-0.25, -0.2) is 4.98 Å². The number of rotatable bonds is 7. The fraction of sp³-hybridized carbons (Fsp3) is 0.273. The molecule has 0 saturated carbocycles. The molecule has 0 atom stereocenters. The number of halogens is 1. The first-order valence-electron chi connectivity index (χ1n) is 9.23. The number of ether oxygens (including phenoxy) is 2. The van der Waals surface area contributed by atoms with Crippen LogP contribution in [-0.2, 0) is 0 Å². The molecular weight excluding hydrogens is 424 g/mol. The SMILES string of the molecule is COc1cc(-n2ccnc(Sc3ccc(Cl)cc3C)c2=O)ccc1OCC(C)(C)O. The molecule has 3 rings (SSSR count). The summed E-state index contributed by atoms with van der Waals surface area (Å²) >= 11 is 7.31. The van der Waals surface area contributed by atoms with E-state index in [4.69, 9.17) is 21.1 Å². The Balaban J connectivity index is 1.92. The van der Waals surface area contributed by atoms with E-state index in [1.165, 1.54) is 23.4 Å². The van der Waals surface area contributed by atoms with Crippen molar-refractivity contribution in [3.63, 3.8) is 0 Å². The highest BCUT2D eigenvalue weighted by Gasteiger charge is 2.16. The summed E-state index contributed by atoms with van der Waals surface area (Å²) in [6.45, 7) is 5.37. The third-order valence-electron chi connectivity index (χ3n) is 4.16. The van der Waals surface area contributed by atoms with Crippen molar-refractivity contribution in [2.24, 2.45) is 0 Å². The van der Waals surface area contributed by atoms with Crippen molar-refractivity contribution in [1.82, 2.24) is 9.55 Å². The Labute approximate surface area is 184 Å². The van der Waals surface area contributed by atoms with Gasteiger partial charge in [-0.05, 0) is 56.7 Å². The van der Waals surface area contributed by atoms with Crippen LogP contribution in [0.4, 0.5) is 0 Å². The Morgan fingerprint density at radius 3 is 2.63 bits per heavy atom. The molecule has 0 saturated heterocycles. The van der Waals surface area contributed by atoms with E-state index in [0.717, 1.165) is 10.5 Å². The summed E-state index contributed by atoms with van der Waals surface area (Å²) < 4.78 is 12.6. The van der Waals surface area contributed by atoms with E-state index in [0.29, 0.717) is 27.2 Å². The second kappa shape index (κ2) is 9.12. The van der Waals surface area contributed by atoms with E-state index in [-0.39, 0.29) is 12.2 Å². The molecule has 1 heterocycles. The molecule has 0 spiro atoms. The predicted octanol–water partition coefficient (Wildman–Crippen LogP) is 4.50. The monoisotopic (exact) mass is 446 g/mol. The van der Waals surface area contributed by atoms with Crippen LogP contribution in [0.25, 0.3) is 5.69 Å². The van der Waals surface area contributed by atoms with Crippen LogP contribution in [-0.4, -0.2) is 34.0 Å². The van der Waals surface area contributed by atoms with E-state index in [2.05, 4.69) is 4.98 Å². The third kappa shape index (κ3) is 5.36. The fourth-order valence-electron chi connectivity index (χ4n) is 2.68. The van der Waals surface area contributed by atoms with E-state index in [9.17, 15) is 9.90 Å². The van der Waals surface area contributed by atoms with Crippen molar-refractivity contribution in [3.8, 4) is 17.2 Å². The summed E-state index contributed by atoms with van der Waals surface area (Å²) in [5.74, 6) is 0.945. The maximum Gasteiger partial charge on any atom is 0.287 e. The van der Waals surface area contributed by atoms with Crippen LogP contribution in [0.5, 0.6) is 11.5 Å². The number of aryl methyl sites for hydroxylation is 1. The number of aromatic nitrogens is 2. The zero-order valence-electron chi connectivity index (χ0n) is 17.2. The van der Waals surface area contributed by atoms with Crippen molar-refractivity contribution in [3.05, 3.63) is 69.7 Å². The lowest BCUT2D eigenvalue weighted by molar-refractivity contribution is 0.0276. The zero-order chi connectivity index (χ0) is 21.9. The summed E-state index contributed by atoms with van der Waals surface area (Å²) in [5, 5.41) is 10.9. The van der Waals surface area contributed by atoms with Gasteiger partial charge in [-0.15, -0.1) is 0 Å². The molecule has 0 bridgehead atoms. The highest BCUT2D eigenvalue weighted by Crippen LogP contribution is 2.31. The van der Waals surface area contributed by atoms with Gasteiger partial charge in [0.1, 0.15) is 6.61 Å². The van der Waals surface area contributed by atoms with Gasteiger partial charge in [0.25, 0.3) is 5.56 Å². The summed E-state index contributed by atoms with van der Waals surface area (Å²) in [4.78, 5) is 18.2. The van der Waals surface area contributed by atoms with Crippen LogP contribution in [0.1, 0.15) is 19.4 Å². The summed E-state index contributed by atoms with van der Waals surface area (Å²) in [6, 6.07) is 10.7. The smallest absolute Gasteiger partial charge is 0.287 e. The largest absolute Gasteiger partial charge is 0.493 e. The molecule has 0 amide bonds. The lowest BCUT2D eigenvalue weighted by Gasteiger charge is -2.19. The molecule has 8 heteroatoms. The first-order valence-corrected chi connectivity index (χ1v) is 10.4. The van der Waals surface area contributed by atoms with Crippen LogP contribution in [0.15, 0.2) is 63.5 Å². The summed E-state index contributed by atoms with van der Waals surface area (Å²) in [7, 11) is 1.52. The lowest BCUT2D eigenvalue weighted by Crippen LogP contribution is -2.28. The van der Waals surface area contributed by atoms with Gasteiger partial charge in [0.05, 0.1) is 18.4 Å². The average molecular weight is 447 g/mol. The average Bonchev–Trinajstić information content (AvgIpc) is 2.69. The molecule has 6 nitrogen and oxygen atoms in total. The van der Waals surface area contributed by atoms with E-state index < -0.39 is 5.60 Å². The molecular formula is C22H23ClN2O4S. The number of nitrogens with zero attached hydrogens (tertiary/aromatic N) is 2. The number of hydrogen-bond acceptors (Lipinski definition) is 6. The first-order chi connectivity index (χ1) is 14.2. The van der Waals surface area contributed by atoms with Crippen molar-refractivity contribution < 1.29 is 14.6 Å². The van der Waals surface area contributed by atoms with Gasteiger partial charge in [-0.1, -0.05) is 23.4 Å². The molecule has 0 fully saturated rings. The summed E-state index contributed by atoms with van der Waals surface area (Å²) in [6.07, 6.45) is 3.19. The van der Waals surface area contributed by atoms with Crippen LogP contribution in [0, 0.1) is 6.92 Å². The molecule has 0 unspecified atom stereocenters. The summed E-state index contributed by atoms with van der Waals surface area (Å²) in [5.41, 5.74) is 0.366. The Morgan fingerprint density at radius 1 is 1.20 bits per heavy atom. The molecule has 0 aliphatic heterocycles. The van der Waals surface area contributed by atoms with Gasteiger partial charge >= 0.3 is 0 Å². The third-order valence-corrected chi connectivity index (χ3v) is 5.55. The Bertz CT molecular complexity index is 1110. The molecule has 2 aromatic carbocycles. The van der Waals surface area contributed by atoms with Crippen molar-refractivity contribution >= 4 is 23.4 Å². The number of aliphatic hydroxyl groups is 1. The molecule has 3 aromatic rings. The molecule has 0 radical (unpaired) electrons. The maximum absolute atomic E-state index is 13.0. The second-order valence-electron chi connectivity index (χ2n) is 7.36. The van der Waals surface area contributed by atoms with Crippen LogP contribution >= 0.6 is 23.4 Å². The Hall–Kier alpha value is -2.48. The normalized spacial score (nSPS) is 11.4. The van der Waals surface area contributed by atoms with Crippen molar-refractivity contribution in [2.45, 2.75) is 36.3 Å². The fourth-order valence-corrected chi connectivity index (χ4v) is 3.77. The molecule has 1 N–H and O–H groups in total. The lowest BCUT2D eigenvalue weighted by atomic mass is 10.2. The van der Waals surface area contributed by atoms with Crippen LogP contribution < -0.4 is 15.0 Å². The van der Waals surface area contributed by atoms with Gasteiger partial charge in [0.2, 0.25) is 0 Å². The second-order valence-corrected chi connectivity index (χ2v) is 8.82. The van der Waals surface area contributed by atoms with E-state index in [1.54, 1.807) is 50.5 Å². The molecule has 158 valence electrons. The zero-order valence-corrected chi connectivity index (χ0v) is 18.8. The van der Waals surface area contributed by atoms with Gasteiger partial charge < -0.3 is 14.6 Å². The van der Waals surface area contributed by atoms with Crippen molar-refractivity contribution in [1.29, 1.82) is 0 Å². The van der Waals surface area contributed by atoms with Crippen LogP contribution in [0.2, 0.25) is 5.02 Å². The quantitative estimate of drug-likeness (QED) is 0.575. The van der Waals surface area contributed by atoms with Gasteiger partial charge in [0, 0.05) is 28.4 Å². The highest BCUT2D eigenvalue weighted by atomic mass is 35.5. The maximum atomic E-state index is 13.0. The number of methoxy groups -OCH3 is 1. The number of hydrogen-bond donors (Lipinski definition) is 1. The Morgan fingerprint density at radius 2 is 1.97 bits per heavy atom. The Kier molecular flexibility index (Phi) is 6.75. The molecule has 30 heavy (non-hydrogen) atoms. The van der Waals surface area contributed by atoms with E-state index >= 15 is 0 Å². The molecule has 0 aliphatic rings. The molecule has 1 aromatic heterocycles. The minimum Gasteiger partial charge on any atom is -0.493 e. The van der Waals surface area contributed by atoms with E-state index in [1.807, 2.05) is 19.1 Å². The number of benzene rings is 2. The van der Waals surface area contributed by atoms with Crippen molar-refractivity contribution in [2.75, 3.05) is 13.7 Å². The predicted molar refractivity (Wildman–Crippen MR) is 118 cm³/mol. The standard InChI is InChI=1S/C22H23ClN2O4S/c1-14-11-15(23)5-8-19(14)30-20-21(26)25(10-9-24-20)16-6-7-17(18(12-16)28-4)29-13-22(2,3)27/h5-12,27H,13H2,1-4H3. The first kappa shape index (κ1) is 22.2. The minimum atomic E-state index is -0.975. The van der Waals surface area contributed by atoms with Gasteiger partial charge in [0.15, 0.2) is 16.5 Å². The minimum absolute atomic E-state index is 0.110. The molecule has 0 aliphatic carbocycles. The van der Waals surface area contributed by atoms with Gasteiger partial charge in [-0.3, -0.25) is 9.36 Å².